The number of aryl methyl sites for hydroxylation is 2. The average Bonchev–Trinajstić information content (AvgIpc) is 2.63. The lowest BCUT2D eigenvalue weighted by Crippen LogP contribution is -2.20. The SMILES string of the molecule is CCOC(=O)/C(=N\Nc1ccc2c(c1)CCCC2)c1ccccc1. The predicted octanol–water partition coefficient (Wildman–Crippen LogP) is 3.94. The van der Waals surface area contributed by atoms with Crippen molar-refractivity contribution < 1.29 is 9.53 Å². The number of hydrazone groups is 1. The van der Waals surface area contributed by atoms with E-state index in [4.69, 9.17) is 4.74 Å². The van der Waals surface area contributed by atoms with E-state index in [1.807, 2.05) is 36.4 Å². The zero-order valence-corrected chi connectivity index (χ0v) is 13.9. The fourth-order valence-electron chi connectivity index (χ4n) is 2.95. The molecule has 0 bridgehead atoms. The Balaban J connectivity index is 1.84. The first-order chi connectivity index (χ1) is 11.8. The number of anilines is 1. The number of hydrogen-bond donors (Lipinski definition) is 1. The number of hydrogen-bond acceptors (Lipinski definition) is 4. The van der Waals surface area contributed by atoms with Crippen molar-refractivity contribution >= 4 is 17.4 Å². The highest BCUT2D eigenvalue weighted by atomic mass is 16.5. The smallest absolute Gasteiger partial charge is 0.359 e. The summed E-state index contributed by atoms with van der Waals surface area (Å²) in [4.78, 5) is 12.2. The number of nitrogens with one attached hydrogen (secondary N) is 1. The second kappa shape index (κ2) is 7.77. The maximum absolute atomic E-state index is 12.2. The number of nitrogens with zero attached hydrogens (tertiary/aromatic N) is 1. The lowest BCUT2D eigenvalue weighted by atomic mass is 9.91. The van der Waals surface area contributed by atoms with Gasteiger partial charge in [-0.15, -0.1) is 0 Å². The summed E-state index contributed by atoms with van der Waals surface area (Å²) in [5.74, 6) is -0.422. The first-order valence-corrected chi connectivity index (χ1v) is 8.46. The fraction of sp³-hybridized carbons (Fsp3) is 0.300. The van der Waals surface area contributed by atoms with Crippen LogP contribution in [0.1, 0.15) is 36.5 Å². The largest absolute Gasteiger partial charge is 0.461 e. The molecule has 1 aliphatic carbocycles. The molecule has 0 amide bonds. The molecule has 4 nitrogen and oxygen atoms in total. The van der Waals surface area contributed by atoms with Crippen LogP contribution < -0.4 is 5.43 Å². The Morgan fingerprint density at radius 3 is 2.58 bits per heavy atom. The monoisotopic (exact) mass is 322 g/mol. The predicted molar refractivity (Wildman–Crippen MR) is 96.3 cm³/mol. The molecule has 0 spiro atoms. The zero-order valence-electron chi connectivity index (χ0n) is 13.9. The first-order valence-electron chi connectivity index (χ1n) is 8.46. The van der Waals surface area contributed by atoms with Crippen LogP contribution in [0.4, 0.5) is 5.69 Å². The van der Waals surface area contributed by atoms with Crippen molar-refractivity contribution in [2.45, 2.75) is 32.6 Å². The van der Waals surface area contributed by atoms with Crippen LogP contribution >= 0.6 is 0 Å². The third kappa shape index (κ3) is 3.82. The van der Waals surface area contributed by atoms with Crippen molar-refractivity contribution in [3.8, 4) is 0 Å². The van der Waals surface area contributed by atoms with Gasteiger partial charge < -0.3 is 4.74 Å². The van der Waals surface area contributed by atoms with E-state index in [1.165, 1.54) is 24.0 Å². The second-order valence-corrected chi connectivity index (χ2v) is 5.85. The third-order valence-electron chi connectivity index (χ3n) is 4.16. The highest BCUT2D eigenvalue weighted by Gasteiger charge is 2.15. The molecule has 3 rings (SSSR count). The molecular formula is C20H22N2O2. The van der Waals surface area contributed by atoms with E-state index in [0.29, 0.717) is 6.61 Å². The van der Waals surface area contributed by atoms with Crippen molar-refractivity contribution in [1.29, 1.82) is 0 Å². The molecule has 0 saturated carbocycles. The molecule has 0 unspecified atom stereocenters. The molecule has 0 aliphatic heterocycles. The molecule has 124 valence electrons. The van der Waals surface area contributed by atoms with Gasteiger partial charge in [0.25, 0.3) is 0 Å². The number of fused-ring (bicyclic) bond motifs is 1. The lowest BCUT2D eigenvalue weighted by Gasteiger charge is -2.16. The third-order valence-corrected chi connectivity index (χ3v) is 4.16. The fourth-order valence-corrected chi connectivity index (χ4v) is 2.95. The van der Waals surface area contributed by atoms with Crippen molar-refractivity contribution in [1.82, 2.24) is 0 Å². The number of ether oxygens (including phenoxy) is 1. The summed E-state index contributed by atoms with van der Waals surface area (Å²) >= 11 is 0. The summed E-state index contributed by atoms with van der Waals surface area (Å²) in [6.07, 6.45) is 4.76. The van der Waals surface area contributed by atoms with E-state index in [1.54, 1.807) is 6.92 Å². The van der Waals surface area contributed by atoms with E-state index in [9.17, 15) is 4.79 Å². The average molecular weight is 322 g/mol. The van der Waals surface area contributed by atoms with Crippen LogP contribution in [0.3, 0.4) is 0 Å². The highest BCUT2D eigenvalue weighted by molar-refractivity contribution is 6.43. The van der Waals surface area contributed by atoms with Gasteiger partial charge in [-0.1, -0.05) is 36.4 Å². The van der Waals surface area contributed by atoms with Crippen LogP contribution in [0.15, 0.2) is 53.6 Å². The summed E-state index contributed by atoms with van der Waals surface area (Å²) in [6, 6.07) is 15.7. The van der Waals surface area contributed by atoms with Crippen LogP contribution in [0.2, 0.25) is 0 Å². The number of esters is 1. The Morgan fingerprint density at radius 1 is 1.08 bits per heavy atom. The maximum Gasteiger partial charge on any atom is 0.359 e. The molecule has 4 heteroatoms. The minimum atomic E-state index is -0.422. The Hall–Kier alpha value is -2.62. The first kappa shape index (κ1) is 16.2. The van der Waals surface area contributed by atoms with Crippen molar-refractivity contribution in [3.05, 3.63) is 65.2 Å². The van der Waals surface area contributed by atoms with E-state index >= 15 is 0 Å². The number of rotatable bonds is 5. The molecule has 1 aliphatic rings. The van der Waals surface area contributed by atoms with Gasteiger partial charge in [0, 0.05) is 5.56 Å². The van der Waals surface area contributed by atoms with Gasteiger partial charge in [0.1, 0.15) is 0 Å². The van der Waals surface area contributed by atoms with Gasteiger partial charge in [-0.05, 0) is 55.9 Å². The number of benzene rings is 2. The summed E-state index contributed by atoms with van der Waals surface area (Å²) in [6.45, 7) is 2.11. The van der Waals surface area contributed by atoms with E-state index in [0.717, 1.165) is 24.1 Å². The van der Waals surface area contributed by atoms with Gasteiger partial charge in [0.2, 0.25) is 0 Å². The summed E-state index contributed by atoms with van der Waals surface area (Å²) < 4.78 is 5.13. The quantitative estimate of drug-likeness (QED) is 0.515. The van der Waals surface area contributed by atoms with Crippen LogP contribution in [-0.2, 0) is 22.4 Å². The molecule has 0 heterocycles. The van der Waals surface area contributed by atoms with Crippen LogP contribution in [0.25, 0.3) is 0 Å². The zero-order chi connectivity index (χ0) is 16.8. The molecular weight excluding hydrogens is 300 g/mol. The lowest BCUT2D eigenvalue weighted by molar-refractivity contribution is -0.134. The molecule has 1 N–H and O–H groups in total. The van der Waals surface area contributed by atoms with Crippen LogP contribution in [0.5, 0.6) is 0 Å². The normalized spacial score (nSPS) is 14.0. The molecule has 0 saturated heterocycles. The minimum Gasteiger partial charge on any atom is -0.461 e. The van der Waals surface area contributed by atoms with Gasteiger partial charge in [0.05, 0.1) is 12.3 Å². The minimum absolute atomic E-state index is 0.287. The van der Waals surface area contributed by atoms with Gasteiger partial charge in [-0.3, -0.25) is 5.43 Å². The van der Waals surface area contributed by atoms with Crippen LogP contribution in [0, 0.1) is 0 Å². The molecule has 0 atom stereocenters. The van der Waals surface area contributed by atoms with Gasteiger partial charge >= 0.3 is 5.97 Å². The topological polar surface area (TPSA) is 50.7 Å². The van der Waals surface area contributed by atoms with E-state index < -0.39 is 5.97 Å². The molecule has 0 aromatic heterocycles. The highest BCUT2D eigenvalue weighted by Crippen LogP contribution is 2.24. The maximum atomic E-state index is 12.2. The Kier molecular flexibility index (Phi) is 5.26. The van der Waals surface area contributed by atoms with Crippen molar-refractivity contribution in [2.24, 2.45) is 5.10 Å². The second-order valence-electron chi connectivity index (χ2n) is 5.85. The molecule has 2 aromatic carbocycles. The van der Waals surface area contributed by atoms with Gasteiger partial charge in [0.15, 0.2) is 5.71 Å². The number of carbonyl (C=O) groups excluding carboxylic acids is 1. The summed E-state index contributed by atoms with van der Waals surface area (Å²) in [5.41, 5.74) is 7.74. The molecule has 2 aromatic rings. The van der Waals surface area contributed by atoms with Crippen molar-refractivity contribution in [3.63, 3.8) is 0 Å². The van der Waals surface area contributed by atoms with Crippen LogP contribution in [-0.4, -0.2) is 18.3 Å². The van der Waals surface area contributed by atoms with Gasteiger partial charge in [-0.2, -0.15) is 5.10 Å². The standard InChI is InChI=1S/C20H22N2O2/c1-2-24-20(23)19(16-9-4-3-5-10-16)22-21-18-13-12-15-8-6-7-11-17(15)14-18/h3-5,9-10,12-14,21H,2,6-8,11H2,1H3/b22-19-. The Morgan fingerprint density at radius 2 is 1.83 bits per heavy atom. The Bertz CT molecular complexity index is 739. The van der Waals surface area contributed by atoms with E-state index in [-0.39, 0.29) is 5.71 Å². The van der Waals surface area contributed by atoms with Gasteiger partial charge in [-0.25, -0.2) is 4.79 Å². The molecule has 24 heavy (non-hydrogen) atoms. The summed E-state index contributed by atoms with van der Waals surface area (Å²) in [5, 5.41) is 4.32. The van der Waals surface area contributed by atoms with Crippen molar-refractivity contribution in [2.75, 3.05) is 12.0 Å². The van der Waals surface area contributed by atoms with E-state index in [2.05, 4.69) is 22.7 Å². The summed E-state index contributed by atoms with van der Waals surface area (Å²) in [7, 11) is 0. The molecule has 0 fully saturated rings. The Labute approximate surface area is 142 Å². The number of carbonyl (C=O) groups is 1. The molecule has 0 radical (unpaired) electrons.